The summed E-state index contributed by atoms with van der Waals surface area (Å²) in [7, 11) is 0. The number of halogens is 1. The Hall–Kier alpha value is -1.72. The van der Waals surface area contributed by atoms with Crippen molar-refractivity contribution >= 4 is 17.2 Å². The first-order valence-electron chi connectivity index (χ1n) is 7.28. The minimum absolute atomic E-state index is 0.0110. The molecule has 2 rings (SSSR count). The van der Waals surface area contributed by atoms with Crippen molar-refractivity contribution in [1.82, 2.24) is 5.32 Å². The number of hydrogen-bond donors (Lipinski definition) is 2. The van der Waals surface area contributed by atoms with Crippen LogP contribution in [0.1, 0.15) is 33.7 Å². The van der Waals surface area contributed by atoms with Crippen LogP contribution in [0.4, 0.5) is 4.39 Å². The second-order valence-corrected chi connectivity index (χ2v) is 6.60. The number of amides is 1. The van der Waals surface area contributed by atoms with Crippen LogP contribution in [0.2, 0.25) is 0 Å². The molecule has 1 heterocycles. The summed E-state index contributed by atoms with van der Waals surface area (Å²) in [5, 5.41) is 11.8. The molecule has 0 radical (unpaired) electrons. The third-order valence-corrected chi connectivity index (χ3v) is 4.45. The van der Waals surface area contributed by atoms with E-state index in [9.17, 15) is 9.18 Å². The van der Waals surface area contributed by atoms with E-state index in [-0.39, 0.29) is 18.1 Å². The fraction of sp³-hybridized carbons (Fsp3) is 0.353. The van der Waals surface area contributed by atoms with Crippen LogP contribution in [-0.2, 0) is 24.4 Å². The van der Waals surface area contributed by atoms with E-state index in [0.29, 0.717) is 13.0 Å². The molecule has 5 heteroatoms. The van der Waals surface area contributed by atoms with Crippen molar-refractivity contribution in [2.24, 2.45) is 0 Å². The van der Waals surface area contributed by atoms with Gasteiger partial charge < -0.3 is 10.4 Å². The molecule has 1 aromatic heterocycles. The van der Waals surface area contributed by atoms with E-state index in [0.717, 1.165) is 18.4 Å². The van der Waals surface area contributed by atoms with Crippen molar-refractivity contribution in [1.29, 1.82) is 0 Å². The SMILES string of the molecule is Cc1ccc(CCCC(=O)NCc2ccc(F)c(CO)c2)s1. The van der Waals surface area contributed by atoms with Gasteiger partial charge in [-0.25, -0.2) is 4.39 Å². The molecule has 0 aliphatic heterocycles. The van der Waals surface area contributed by atoms with Crippen molar-refractivity contribution in [3.63, 3.8) is 0 Å². The molecule has 0 saturated heterocycles. The third-order valence-electron chi connectivity index (χ3n) is 3.39. The van der Waals surface area contributed by atoms with Crippen LogP contribution in [0.15, 0.2) is 30.3 Å². The maximum atomic E-state index is 13.3. The number of rotatable bonds is 7. The molecule has 0 atom stereocenters. The molecule has 0 bridgehead atoms. The highest BCUT2D eigenvalue weighted by molar-refractivity contribution is 7.11. The Labute approximate surface area is 133 Å². The summed E-state index contributed by atoms with van der Waals surface area (Å²) >= 11 is 1.76. The lowest BCUT2D eigenvalue weighted by Crippen LogP contribution is -2.22. The number of hydrogen-bond acceptors (Lipinski definition) is 3. The maximum absolute atomic E-state index is 13.3. The Morgan fingerprint density at radius 1 is 1.32 bits per heavy atom. The minimum Gasteiger partial charge on any atom is -0.392 e. The summed E-state index contributed by atoms with van der Waals surface area (Å²) in [5.74, 6) is -0.438. The molecule has 22 heavy (non-hydrogen) atoms. The van der Waals surface area contributed by atoms with Gasteiger partial charge in [-0.1, -0.05) is 6.07 Å². The highest BCUT2D eigenvalue weighted by Gasteiger charge is 2.05. The molecule has 2 aromatic rings. The van der Waals surface area contributed by atoms with Gasteiger partial charge in [0, 0.05) is 28.3 Å². The van der Waals surface area contributed by atoms with E-state index >= 15 is 0 Å². The van der Waals surface area contributed by atoms with Crippen LogP contribution >= 0.6 is 11.3 Å². The first-order valence-corrected chi connectivity index (χ1v) is 8.10. The summed E-state index contributed by atoms with van der Waals surface area (Å²) in [6.07, 6.45) is 2.21. The zero-order valence-electron chi connectivity index (χ0n) is 12.6. The summed E-state index contributed by atoms with van der Waals surface area (Å²) in [6, 6.07) is 8.69. The summed E-state index contributed by atoms with van der Waals surface area (Å²) < 4.78 is 13.3. The molecule has 0 aliphatic carbocycles. The van der Waals surface area contributed by atoms with Gasteiger partial charge in [-0.3, -0.25) is 4.79 Å². The lowest BCUT2D eigenvalue weighted by atomic mass is 10.1. The average Bonchev–Trinajstić information content (AvgIpc) is 2.92. The van der Waals surface area contributed by atoms with Gasteiger partial charge in [0.1, 0.15) is 5.82 Å². The van der Waals surface area contributed by atoms with Crippen LogP contribution in [0, 0.1) is 12.7 Å². The number of thiophene rings is 1. The monoisotopic (exact) mass is 321 g/mol. The number of carbonyl (C=O) groups excluding carboxylic acids is 1. The molecular formula is C17H20FNO2S. The first-order chi connectivity index (χ1) is 10.6. The third kappa shape index (κ3) is 4.93. The van der Waals surface area contributed by atoms with Crippen molar-refractivity contribution in [3.8, 4) is 0 Å². The van der Waals surface area contributed by atoms with E-state index in [4.69, 9.17) is 5.11 Å². The first kappa shape index (κ1) is 16.6. The molecule has 1 amide bonds. The standard InChI is InChI=1S/C17H20FNO2S/c1-12-5-7-15(22-12)3-2-4-17(21)19-10-13-6-8-16(18)14(9-13)11-20/h5-9,20H,2-4,10-11H2,1H3,(H,19,21). The minimum atomic E-state index is -0.427. The molecule has 0 aliphatic rings. The smallest absolute Gasteiger partial charge is 0.220 e. The van der Waals surface area contributed by atoms with Crippen molar-refractivity contribution in [2.75, 3.05) is 0 Å². The van der Waals surface area contributed by atoms with Crippen LogP contribution in [0.25, 0.3) is 0 Å². The van der Waals surface area contributed by atoms with Crippen LogP contribution in [0.3, 0.4) is 0 Å². The Balaban J connectivity index is 1.73. The lowest BCUT2D eigenvalue weighted by Gasteiger charge is -2.07. The average molecular weight is 321 g/mol. The Bertz CT molecular complexity index is 639. The zero-order chi connectivity index (χ0) is 15.9. The molecule has 0 saturated carbocycles. The highest BCUT2D eigenvalue weighted by atomic mass is 32.1. The maximum Gasteiger partial charge on any atom is 0.220 e. The molecule has 3 nitrogen and oxygen atoms in total. The van der Waals surface area contributed by atoms with Crippen LogP contribution < -0.4 is 5.32 Å². The van der Waals surface area contributed by atoms with Gasteiger partial charge >= 0.3 is 0 Å². The van der Waals surface area contributed by atoms with Gasteiger partial charge in [-0.15, -0.1) is 11.3 Å². The highest BCUT2D eigenvalue weighted by Crippen LogP contribution is 2.17. The van der Waals surface area contributed by atoms with Crippen molar-refractivity contribution in [3.05, 3.63) is 57.0 Å². The summed E-state index contributed by atoms with van der Waals surface area (Å²) in [4.78, 5) is 14.4. The van der Waals surface area contributed by atoms with Gasteiger partial charge in [0.2, 0.25) is 5.91 Å². The largest absolute Gasteiger partial charge is 0.392 e. The molecule has 1 aromatic carbocycles. The van der Waals surface area contributed by atoms with E-state index in [1.54, 1.807) is 23.5 Å². The lowest BCUT2D eigenvalue weighted by molar-refractivity contribution is -0.121. The molecule has 0 fully saturated rings. The number of aliphatic hydroxyl groups excluding tert-OH is 1. The number of aryl methyl sites for hydroxylation is 2. The number of nitrogens with one attached hydrogen (secondary N) is 1. The quantitative estimate of drug-likeness (QED) is 0.822. The normalized spacial score (nSPS) is 10.7. The Kier molecular flexibility index (Phi) is 6.10. The van der Waals surface area contributed by atoms with E-state index < -0.39 is 5.82 Å². The topological polar surface area (TPSA) is 49.3 Å². The van der Waals surface area contributed by atoms with Gasteiger partial charge in [0.15, 0.2) is 0 Å². The van der Waals surface area contributed by atoms with Crippen LogP contribution in [-0.4, -0.2) is 11.0 Å². The number of aliphatic hydroxyl groups is 1. The van der Waals surface area contributed by atoms with Gasteiger partial charge in [0.25, 0.3) is 0 Å². The van der Waals surface area contributed by atoms with E-state index in [1.807, 2.05) is 0 Å². The van der Waals surface area contributed by atoms with E-state index in [1.165, 1.54) is 15.8 Å². The predicted molar refractivity (Wildman–Crippen MR) is 86.2 cm³/mol. The van der Waals surface area contributed by atoms with Crippen molar-refractivity contribution < 1.29 is 14.3 Å². The van der Waals surface area contributed by atoms with Gasteiger partial charge in [-0.05, 0) is 49.6 Å². The Morgan fingerprint density at radius 2 is 2.14 bits per heavy atom. The molecule has 0 spiro atoms. The molecule has 0 unspecified atom stereocenters. The molecule has 2 N–H and O–H groups in total. The van der Waals surface area contributed by atoms with Gasteiger partial charge in [-0.2, -0.15) is 0 Å². The van der Waals surface area contributed by atoms with Crippen LogP contribution in [0.5, 0.6) is 0 Å². The zero-order valence-corrected chi connectivity index (χ0v) is 13.4. The second kappa shape index (κ2) is 8.06. The van der Waals surface area contributed by atoms with E-state index in [2.05, 4.69) is 24.4 Å². The fourth-order valence-corrected chi connectivity index (χ4v) is 3.12. The Morgan fingerprint density at radius 3 is 2.82 bits per heavy atom. The number of carbonyl (C=O) groups is 1. The molecule has 118 valence electrons. The molecular weight excluding hydrogens is 301 g/mol. The fourth-order valence-electron chi connectivity index (χ4n) is 2.19. The van der Waals surface area contributed by atoms with Gasteiger partial charge in [0.05, 0.1) is 6.61 Å². The van der Waals surface area contributed by atoms with Crippen molar-refractivity contribution in [2.45, 2.75) is 39.3 Å². The second-order valence-electron chi connectivity index (χ2n) is 5.23. The predicted octanol–water partition coefficient (Wildman–Crippen LogP) is 3.33. The summed E-state index contributed by atoms with van der Waals surface area (Å²) in [5.41, 5.74) is 1.03. The number of benzene rings is 1. The summed E-state index contributed by atoms with van der Waals surface area (Å²) in [6.45, 7) is 2.09.